The predicted octanol–water partition coefficient (Wildman–Crippen LogP) is -6.00. The molecule has 0 aliphatic heterocycles. The van der Waals surface area contributed by atoms with E-state index in [4.69, 9.17) is 0 Å². The van der Waals surface area contributed by atoms with Gasteiger partial charge in [0.15, 0.2) is 0 Å². The van der Waals surface area contributed by atoms with Gasteiger partial charge in [-0.15, -0.1) is 0 Å². The Bertz CT molecular complexity index is 7.61. The summed E-state index contributed by atoms with van der Waals surface area (Å²) in [5.41, 5.74) is 0. The molecule has 0 N–H and O–H groups in total. The van der Waals surface area contributed by atoms with E-state index in [1.54, 1.807) is 0 Å². The molecule has 0 fully saturated rings. The van der Waals surface area contributed by atoms with Gasteiger partial charge < -0.3 is 27.0 Å². The van der Waals surface area contributed by atoms with E-state index in [2.05, 4.69) is 0 Å². The second-order valence-corrected chi connectivity index (χ2v) is 0. The van der Waals surface area contributed by atoms with Crippen molar-refractivity contribution in [2.24, 2.45) is 0 Å². The quantitative estimate of drug-likeness (QED) is 0.342. The van der Waals surface area contributed by atoms with Crippen LogP contribution >= 0.6 is 0 Å². The Labute approximate surface area is 142 Å². The molecule has 0 unspecified atom stereocenters. The summed E-state index contributed by atoms with van der Waals surface area (Å²) in [6.45, 7) is 0. The van der Waals surface area contributed by atoms with Crippen LogP contribution in [-0.2, 0) is 43.5 Å². The standard InChI is InChI=1S/2K.Ni.2S/q2*+1;+2;2*-2. The summed E-state index contributed by atoms with van der Waals surface area (Å²) in [6.07, 6.45) is 0. The molecule has 0 aliphatic rings. The maximum absolute atomic E-state index is 0. The zero-order chi connectivity index (χ0) is 0. The predicted molar refractivity (Wildman–Crippen MR) is 14.7 cm³/mol. The van der Waals surface area contributed by atoms with Gasteiger partial charge in [-0.2, -0.15) is 0 Å². The first kappa shape index (κ1) is 34.0. The molecule has 5 heavy (non-hydrogen) atoms. The molecule has 0 aromatic carbocycles. The molecule has 0 bridgehead atoms. The van der Waals surface area contributed by atoms with Gasteiger partial charge >= 0.3 is 119 Å². The summed E-state index contributed by atoms with van der Waals surface area (Å²) < 4.78 is 0. The average Bonchev–Trinajstić information content (AvgIpc) is 0. The van der Waals surface area contributed by atoms with Gasteiger partial charge in [-0.1, -0.05) is 0 Å². The Hall–Kier alpha value is 4.47. The molecular weight excluding hydrogens is 201 g/mol. The van der Waals surface area contributed by atoms with Crippen LogP contribution in [0.4, 0.5) is 0 Å². The van der Waals surface area contributed by atoms with Crippen LogP contribution in [0.2, 0.25) is 0 Å². The van der Waals surface area contributed by atoms with Crippen molar-refractivity contribution in [3.8, 4) is 0 Å². The first-order chi connectivity index (χ1) is 0. The van der Waals surface area contributed by atoms with Crippen molar-refractivity contribution in [3.05, 3.63) is 0 Å². The van der Waals surface area contributed by atoms with Crippen molar-refractivity contribution < 1.29 is 119 Å². The monoisotopic (exact) mass is 200 g/mol. The third kappa shape index (κ3) is 17.7. The van der Waals surface area contributed by atoms with Gasteiger partial charge in [0.1, 0.15) is 0 Å². The molecule has 0 nitrogen and oxygen atoms in total. The molecule has 0 heterocycles. The van der Waals surface area contributed by atoms with Gasteiger partial charge in [0.2, 0.25) is 0 Å². The van der Waals surface area contributed by atoms with E-state index in [0.29, 0.717) is 0 Å². The Morgan fingerprint density at radius 1 is 0.600 bits per heavy atom. The van der Waals surface area contributed by atoms with Crippen LogP contribution in [0.1, 0.15) is 0 Å². The maximum atomic E-state index is 0. The molecule has 0 aliphatic carbocycles. The molecule has 0 saturated heterocycles. The van der Waals surface area contributed by atoms with E-state index < -0.39 is 0 Å². The molecule has 0 aromatic heterocycles. The van der Waals surface area contributed by atoms with Crippen molar-refractivity contribution >= 4 is 27.0 Å². The van der Waals surface area contributed by atoms with Gasteiger partial charge in [-0.25, -0.2) is 0 Å². The summed E-state index contributed by atoms with van der Waals surface area (Å²) in [4.78, 5) is 0. The van der Waals surface area contributed by atoms with Crippen LogP contribution in [0, 0.1) is 0 Å². The van der Waals surface area contributed by atoms with Gasteiger partial charge in [-0.05, 0) is 0 Å². The van der Waals surface area contributed by atoms with E-state index >= 15 is 0 Å². The Morgan fingerprint density at radius 2 is 0.600 bits per heavy atom. The molecule has 0 rings (SSSR count). The van der Waals surface area contributed by atoms with Crippen molar-refractivity contribution in [2.45, 2.75) is 0 Å². The van der Waals surface area contributed by atoms with Crippen LogP contribution in [0.15, 0.2) is 0 Å². The topological polar surface area (TPSA) is 0 Å². The molecule has 0 saturated carbocycles. The smallest absolute Gasteiger partial charge is 2.00 e. The van der Waals surface area contributed by atoms with Gasteiger partial charge in [0.05, 0.1) is 0 Å². The Balaban J connectivity index is 0. The summed E-state index contributed by atoms with van der Waals surface area (Å²) in [6, 6.07) is 0. The van der Waals surface area contributed by atoms with Crippen LogP contribution in [0.5, 0.6) is 0 Å². The zero-order valence-corrected chi connectivity index (χ0v) is 12.0. The summed E-state index contributed by atoms with van der Waals surface area (Å²) in [5.74, 6) is 0. The second-order valence-electron chi connectivity index (χ2n) is 0. The SMILES string of the molecule is [K+].[K+].[Ni+2].[S-2].[S-2]. The summed E-state index contributed by atoms with van der Waals surface area (Å²) in [7, 11) is 0. The number of hydrogen-bond acceptors (Lipinski definition) is 0. The summed E-state index contributed by atoms with van der Waals surface area (Å²) >= 11 is 0. The van der Waals surface area contributed by atoms with E-state index in [-0.39, 0.29) is 146 Å². The van der Waals surface area contributed by atoms with E-state index in [0.717, 1.165) is 0 Å². The number of hydrogen-bond donors (Lipinski definition) is 0. The third-order valence-corrected chi connectivity index (χ3v) is 0. The van der Waals surface area contributed by atoms with E-state index in [9.17, 15) is 0 Å². The van der Waals surface area contributed by atoms with E-state index in [1.807, 2.05) is 0 Å². The summed E-state index contributed by atoms with van der Waals surface area (Å²) in [5, 5.41) is 0. The Kier molecular flexibility index (Phi) is 161. The van der Waals surface area contributed by atoms with Crippen molar-refractivity contribution in [1.29, 1.82) is 0 Å². The number of rotatable bonds is 0. The second kappa shape index (κ2) is 23.7. The van der Waals surface area contributed by atoms with Crippen LogP contribution in [0.3, 0.4) is 0 Å². The van der Waals surface area contributed by atoms with Crippen molar-refractivity contribution in [1.82, 2.24) is 0 Å². The van der Waals surface area contributed by atoms with Crippen molar-refractivity contribution in [3.63, 3.8) is 0 Å². The zero-order valence-electron chi connectivity index (χ0n) is 3.13. The van der Waals surface area contributed by atoms with Gasteiger partial charge in [0, 0.05) is 0 Å². The molecule has 0 aromatic rings. The maximum Gasteiger partial charge on any atom is 2.00 e. The van der Waals surface area contributed by atoms with Gasteiger partial charge in [-0.3, -0.25) is 0 Å². The van der Waals surface area contributed by atoms with E-state index in [1.165, 1.54) is 0 Å². The fourth-order valence-electron chi connectivity index (χ4n) is 0. The fraction of sp³-hybridized carbons (Fsp3) is 0. The molecule has 0 radical (unpaired) electrons. The van der Waals surface area contributed by atoms with Gasteiger partial charge in [0.25, 0.3) is 0 Å². The first-order valence-corrected chi connectivity index (χ1v) is 0. The first-order valence-electron chi connectivity index (χ1n) is 0. The molecule has 5 heteroatoms. The van der Waals surface area contributed by atoms with Crippen molar-refractivity contribution in [2.75, 3.05) is 0 Å². The normalized spacial score (nSPS) is 0. The minimum atomic E-state index is 0. The molecule has 0 atom stereocenters. The fourth-order valence-corrected chi connectivity index (χ4v) is 0. The minimum absolute atomic E-state index is 0. The third-order valence-electron chi connectivity index (χ3n) is 0. The molecule has 24 valence electrons. The van der Waals surface area contributed by atoms with Crippen LogP contribution in [0.25, 0.3) is 0 Å². The van der Waals surface area contributed by atoms with Crippen LogP contribution < -0.4 is 103 Å². The molecule has 0 spiro atoms. The average molecular weight is 201 g/mol. The Morgan fingerprint density at radius 3 is 0.600 bits per heavy atom. The minimum Gasteiger partial charge on any atom is -2.00 e. The molecule has 0 amide bonds. The largest absolute Gasteiger partial charge is 2.00 e. The molecular formula is K2NiS2. The van der Waals surface area contributed by atoms with Crippen LogP contribution in [-0.4, -0.2) is 0 Å².